The Kier molecular flexibility index (Phi) is 5.92. The fourth-order valence-electron chi connectivity index (χ4n) is 3.34. The van der Waals surface area contributed by atoms with Crippen molar-refractivity contribution in [2.24, 2.45) is 0 Å². The number of aromatic nitrogens is 3. The third-order valence-corrected chi connectivity index (χ3v) is 5.60. The van der Waals surface area contributed by atoms with Crippen LogP contribution in [0.5, 0.6) is 11.6 Å². The molecule has 1 aromatic heterocycles. The summed E-state index contributed by atoms with van der Waals surface area (Å²) in [5.74, 6) is 0.767. The van der Waals surface area contributed by atoms with Crippen LogP contribution >= 0.6 is 27.7 Å². The first kappa shape index (κ1) is 20.6. The van der Waals surface area contributed by atoms with Gasteiger partial charge in [0.15, 0.2) is 5.69 Å². The third kappa shape index (κ3) is 3.75. The van der Waals surface area contributed by atoms with E-state index in [1.165, 1.54) is 18.7 Å². The van der Waals surface area contributed by atoms with Gasteiger partial charge in [-0.1, -0.05) is 45.9 Å². The number of anilines is 1. The average Bonchev–Trinajstić information content (AvgIpc) is 2.89. The summed E-state index contributed by atoms with van der Waals surface area (Å²) in [6.45, 7) is 3.90. The normalized spacial score (nSPS) is 14.9. The van der Waals surface area contributed by atoms with Crippen molar-refractivity contribution in [3.8, 4) is 22.9 Å². The molecule has 9 heteroatoms. The first-order valence-corrected chi connectivity index (χ1v) is 11.3. The topological polar surface area (TPSA) is 77.4 Å². The number of thioether (sulfide) groups is 1. The predicted octanol–water partition coefficient (Wildman–Crippen LogP) is 4.87. The van der Waals surface area contributed by atoms with Crippen molar-refractivity contribution in [1.29, 1.82) is 0 Å². The summed E-state index contributed by atoms with van der Waals surface area (Å²) in [6, 6.07) is 13.1. The SMILES string of the molecule is CCOc1ccc(Br)cc1C1Oc2nc(SC)nnc2-c2ccccc2N1C(C)=O. The van der Waals surface area contributed by atoms with E-state index >= 15 is 0 Å². The number of amides is 1. The fourth-order valence-corrected chi connectivity index (χ4v) is 4.02. The summed E-state index contributed by atoms with van der Waals surface area (Å²) in [4.78, 5) is 19.0. The Bertz CT molecular complexity index is 1110. The fraction of sp³-hybridized carbons (Fsp3) is 0.238. The highest BCUT2D eigenvalue weighted by Gasteiger charge is 2.36. The van der Waals surface area contributed by atoms with Gasteiger partial charge in [-0.05, 0) is 37.4 Å². The van der Waals surface area contributed by atoms with Crippen molar-refractivity contribution >= 4 is 39.3 Å². The molecular formula is C21H19BrN4O3S. The van der Waals surface area contributed by atoms with Crippen molar-refractivity contribution in [2.75, 3.05) is 17.8 Å². The monoisotopic (exact) mass is 486 g/mol. The molecule has 3 aromatic rings. The molecule has 0 bridgehead atoms. The number of para-hydroxylation sites is 1. The number of carbonyl (C=O) groups is 1. The van der Waals surface area contributed by atoms with E-state index < -0.39 is 6.23 Å². The largest absolute Gasteiger partial charge is 0.493 e. The molecule has 154 valence electrons. The Morgan fingerprint density at radius 3 is 2.80 bits per heavy atom. The van der Waals surface area contributed by atoms with Crippen molar-refractivity contribution in [2.45, 2.75) is 25.2 Å². The van der Waals surface area contributed by atoms with Gasteiger partial charge in [-0.25, -0.2) is 0 Å². The molecule has 7 nitrogen and oxygen atoms in total. The van der Waals surface area contributed by atoms with E-state index in [1.54, 1.807) is 4.90 Å². The lowest BCUT2D eigenvalue weighted by atomic mass is 10.1. The van der Waals surface area contributed by atoms with Crippen molar-refractivity contribution in [1.82, 2.24) is 15.2 Å². The minimum atomic E-state index is -0.796. The molecule has 2 heterocycles. The number of carbonyl (C=O) groups excluding carboxylic acids is 1. The van der Waals surface area contributed by atoms with Gasteiger partial charge < -0.3 is 9.47 Å². The summed E-state index contributed by atoms with van der Waals surface area (Å²) >= 11 is 4.89. The first-order valence-electron chi connectivity index (χ1n) is 9.30. The van der Waals surface area contributed by atoms with Crippen LogP contribution in [0.25, 0.3) is 11.3 Å². The summed E-state index contributed by atoms with van der Waals surface area (Å²) in [6.07, 6.45) is 1.07. The minimum Gasteiger partial charge on any atom is -0.493 e. The van der Waals surface area contributed by atoms with Crippen LogP contribution in [0, 0.1) is 0 Å². The molecule has 4 rings (SSSR count). The molecule has 1 unspecified atom stereocenters. The Labute approximate surface area is 186 Å². The summed E-state index contributed by atoms with van der Waals surface area (Å²) in [5, 5.41) is 9.01. The zero-order valence-electron chi connectivity index (χ0n) is 16.6. The third-order valence-electron chi connectivity index (χ3n) is 4.57. The maximum absolute atomic E-state index is 12.9. The van der Waals surface area contributed by atoms with E-state index in [1.807, 2.05) is 55.6 Å². The molecular weight excluding hydrogens is 468 g/mol. The summed E-state index contributed by atoms with van der Waals surface area (Å²) in [7, 11) is 0. The molecule has 0 radical (unpaired) electrons. The highest BCUT2D eigenvalue weighted by Crippen LogP contribution is 2.45. The number of benzene rings is 2. The quantitative estimate of drug-likeness (QED) is 0.486. The highest BCUT2D eigenvalue weighted by atomic mass is 79.9. The zero-order valence-corrected chi connectivity index (χ0v) is 19.0. The molecule has 1 atom stereocenters. The lowest BCUT2D eigenvalue weighted by Gasteiger charge is -2.31. The molecule has 0 fully saturated rings. The number of hydrogen-bond donors (Lipinski definition) is 0. The molecule has 1 aliphatic heterocycles. The van der Waals surface area contributed by atoms with Crippen molar-refractivity contribution < 1.29 is 14.3 Å². The Morgan fingerprint density at radius 2 is 2.07 bits per heavy atom. The summed E-state index contributed by atoms with van der Waals surface area (Å²) in [5.41, 5.74) is 2.59. The standard InChI is InChI=1S/C21H19BrN4O3S/c1-4-28-17-10-9-13(22)11-15(17)20-26(12(2)27)16-8-6-5-7-14(16)18-19(29-20)23-21(30-3)25-24-18/h5-11,20H,4H2,1-3H3. The molecule has 2 aromatic carbocycles. The smallest absolute Gasteiger partial charge is 0.247 e. The zero-order chi connectivity index (χ0) is 21.3. The van der Waals surface area contributed by atoms with E-state index in [2.05, 4.69) is 31.1 Å². The van der Waals surface area contributed by atoms with E-state index in [4.69, 9.17) is 9.47 Å². The lowest BCUT2D eigenvalue weighted by Crippen LogP contribution is -2.36. The van der Waals surface area contributed by atoms with E-state index in [-0.39, 0.29) is 5.91 Å². The minimum absolute atomic E-state index is 0.180. The van der Waals surface area contributed by atoms with E-state index in [9.17, 15) is 4.79 Å². The maximum atomic E-state index is 12.9. The Morgan fingerprint density at radius 1 is 1.27 bits per heavy atom. The van der Waals surface area contributed by atoms with Gasteiger partial charge in [0.05, 0.1) is 17.9 Å². The van der Waals surface area contributed by atoms with Crippen LogP contribution in [-0.4, -0.2) is 34.0 Å². The number of halogens is 1. The maximum Gasteiger partial charge on any atom is 0.247 e. The van der Waals surface area contributed by atoms with E-state index in [0.717, 1.165) is 10.0 Å². The van der Waals surface area contributed by atoms with Crippen LogP contribution in [0.2, 0.25) is 0 Å². The van der Waals surface area contributed by atoms with E-state index in [0.29, 0.717) is 40.3 Å². The highest BCUT2D eigenvalue weighted by molar-refractivity contribution is 9.10. The van der Waals surface area contributed by atoms with Gasteiger partial charge in [-0.3, -0.25) is 9.69 Å². The number of nitrogens with zero attached hydrogens (tertiary/aromatic N) is 4. The second-order valence-electron chi connectivity index (χ2n) is 6.44. The molecule has 1 aliphatic rings. The van der Waals surface area contributed by atoms with Crippen LogP contribution < -0.4 is 14.4 Å². The second-order valence-corrected chi connectivity index (χ2v) is 8.13. The Hall–Kier alpha value is -2.65. The number of fused-ring (bicyclic) bond motifs is 3. The van der Waals surface area contributed by atoms with Gasteiger partial charge in [0, 0.05) is 17.0 Å². The lowest BCUT2D eigenvalue weighted by molar-refractivity contribution is -0.118. The molecule has 0 saturated carbocycles. The first-order chi connectivity index (χ1) is 14.5. The van der Waals surface area contributed by atoms with Crippen LogP contribution in [0.3, 0.4) is 0 Å². The van der Waals surface area contributed by atoms with Gasteiger partial charge in [-0.2, -0.15) is 4.98 Å². The predicted molar refractivity (Wildman–Crippen MR) is 119 cm³/mol. The van der Waals surface area contributed by atoms with Crippen LogP contribution in [0.15, 0.2) is 52.1 Å². The molecule has 0 saturated heterocycles. The molecule has 30 heavy (non-hydrogen) atoms. The molecule has 0 N–H and O–H groups in total. The van der Waals surface area contributed by atoms with Gasteiger partial charge in [0.25, 0.3) is 0 Å². The molecule has 0 spiro atoms. The number of ether oxygens (including phenoxy) is 2. The van der Waals surface area contributed by atoms with Crippen LogP contribution in [-0.2, 0) is 4.79 Å². The summed E-state index contributed by atoms with van der Waals surface area (Å²) < 4.78 is 13.0. The molecule has 0 aliphatic carbocycles. The van der Waals surface area contributed by atoms with Crippen molar-refractivity contribution in [3.05, 3.63) is 52.5 Å². The average molecular weight is 487 g/mol. The van der Waals surface area contributed by atoms with Gasteiger partial charge in [0.1, 0.15) is 5.75 Å². The van der Waals surface area contributed by atoms with Crippen LogP contribution in [0.4, 0.5) is 5.69 Å². The van der Waals surface area contributed by atoms with Gasteiger partial charge in [-0.15, -0.1) is 10.2 Å². The molecule has 1 amide bonds. The van der Waals surface area contributed by atoms with Crippen LogP contribution in [0.1, 0.15) is 25.6 Å². The number of rotatable bonds is 4. The Balaban J connectivity index is 1.99. The second kappa shape index (κ2) is 8.61. The van der Waals surface area contributed by atoms with Crippen molar-refractivity contribution in [3.63, 3.8) is 0 Å². The van der Waals surface area contributed by atoms with Gasteiger partial charge >= 0.3 is 0 Å². The van der Waals surface area contributed by atoms with Gasteiger partial charge in [0.2, 0.25) is 23.2 Å². The number of hydrogen-bond acceptors (Lipinski definition) is 7.